The summed E-state index contributed by atoms with van der Waals surface area (Å²) in [7, 11) is 0. The van der Waals surface area contributed by atoms with Gasteiger partial charge in [0.2, 0.25) is 5.91 Å². The molecule has 2 nitrogen and oxygen atoms in total. The van der Waals surface area contributed by atoms with Gasteiger partial charge in [-0.05, 0) is 55.4 Å². The molecule has 1 N–H and O–H groups in total. The number of benzene rings is 1. The summed E-state index contributed by atoms with van der Waals surface area (Å²) in [5.74, 6) is 1.43. The summed E-state index contributed by atoms with van der Waals surface area (Å²) in [5.41, 5.74) is 0.886. The van der Waals surface area contributed by atoms with Crippen LogP contribution in [0.1, 0.15) is 25.7 Å². The summed E-state index contributed by atoms with van der Waals surface area (Å²) in [6, 6.07) is 7.77. The first-order valence-corrected chi connectivity index (χ1v) is 7.78. The minimum atomic E-state index is 0.184. The first kappa shape index (κ1) is 12.9. The van der Waals surface area contributed by atoms with Gasteiger partial charge in [-0.25, -0.2) is 0 Å². The number of amides is 1. The molecule has 2 aliphatic rings. The van der Waals surface area contributed by atoms with E-state index in [0.29, 0.717) is 11.8 Å². The quantitative estimate of drug-likeness (QED) is 0.805. The molecule has 0 spiro atoms. The summed E-state index contributed by atoms with van der Waals surface area (Å²) in [6.45, 7) is 0. The molecule has 1 aromatic rings. The molecule has 19 heavy (non-hydrogen) atoms. The monoisotopic (exact) mass is 319 g/mol. The van der Waals surface area contributed by atoms with Gasteiger partial charge < -0.3 is 5.32 Å². The average Bonchev–Trinajstić information content (AvgIpc) is 3.03. The van der Waals surface area contributed by atoms with Crippen LogP contribution in [0.5, 0.6) is 0 Å². The van der Waals surface area contributed by atoms with Gasteiger partial charge in [-0.15, -0.1) is 0 Å². The number of halogens is 1. The molecule has 0 saturated heterocycles. The van der Waals surface area contributed by atoms with Crippen LogP contribution in [0.4, 0.5) is 5.69 Å². The van der Waals surface area contributed by atoms with Crippen molar-refractivity contribution in [3.63, 3.8) is 0 Å². The standard InChI is InChI=1S/C16H18BrNO/c17-11-7-9-12(10-8-11)18-16(19)15-13-5-3-1-2-4-6-14(13)15/h3,5,7-10,13-15H,1-2,4,6H2,(H,18,19)/b5-3-/t13-,14-,15-/m0/s1. The lowest BCUT2D eigenvalue weighted by atomic mass is 10.1. The zero-order valence-electron chi connectivity index (χ0n) is 10.8. The van der Waals surface area contributed by atoms with Crippen LogP contribution in [0.15, 0.2) is 40.9 Å². The van der Waals surface area contributed by atoms with Crippen molar-refractivity contribution in [2.24, 2.45) is 17.8 Å². The van der Waals surface area contributed by atoms with Crippen LogP contribution in [0.2, 0.25) is 0 Å². The highest BCUT2D eigenvalue weighted by atomic mass is 79.9. The topological polar surface area (TPSA) is 29.1 Å². The molecule has 100 valence electrons. The molecule has 3 heteroatoms. The Morgan fingerprint density at radius 1 is 1.21 bits per heavy atom. The maximum absolute atomic E-state index is 12.3. The number of fused-ring (bicyclic) bond motifs is 1. The van der Waals surface area contributed by atoms with Gasteiger partial charge in [0.25, 0.3) is 0 Å². The molecule has 1 amide bonds. The van der Waals surface area contributed by atoms with Crippen molar-refractivity contribution in [1.29, 1.82) is 0 Å². The molecule has 2 aliphatic carbocycles. The van der Waals surface area contributed by atoms with Gasteiger partial charge in [0, 0.05) is 16.1 Å². The summed E-state index contributed by atoms with van der Waals surface area (Å²) < 4.78 is 1.03. The molecular weight excluding hydrogens is 302 g/mol. The Kier molecular flexibility index (Phi) is 3.74. The fraction of sp³-hybridized carbons (Fsp3) is 0.438. The lowest BCUT2D eigenvalue weighted by molar-refractivity contribution is -0.117. The Morgan fingerprint density at radius 2 is 2.00 bits per heavy atom. The predicted octanol–water partition coefficient (Wildman–Crippen LogP) is 4.38. The van der Waals surface area contributed by atoms with Gasteiger partial charge in [0.1, 0.15) is 0 Å². The van der Waals surface area contributed by atoms with E-state index < -0.39 is 0 Å². The van der Waals surface area contributed by atoms with E-state index in [9.17, 15) is 4.79 Å². The Bertz CT molecular complexity index is 494. The van der Waals surface area contributed by atoms with Crippen molar-refractivity contribution in [2.45, 2.75) is 25.7 Å². The second-order valence-electron chi connectivity index (χ2n) is 5.48. The Morgan fingerprint density at radius 3 is 2.79 bits per heavy atom. The van der Waals surface area contributed by atoms with E-state index >= 15 is 0 Å². The number of hydrogen-bond acceptors (Lipinski definition) is 1. The molecule has 0 unspecified atom stereocenters. The lowest BCUT2D eigenvalue weighted by Crippen LogP contribution is -2.15. The first-order valence-electron chi connectivity index (χ1n) is 6.99. The van der Waals surface area contributed by atoms with Crippen molar-refractivity contribution >= 4 is 27.5 Å². The summed E-state index contributed by atoms with van der Waals surface area (Å²) in [5, 5.41) is 3.03. The van der Waals surface area contributed by atoms with Gasteiger partial charge in [-0.3, -0.25) is 4.79 Å². The zero-order chi connectivity index (χ0) is 13.2. The maximum atomic E-state index is 12.3. The fourth-order valence-corrected chi connectivity index (χ4v) is 3.32. The second kappa shape index (κ2) is 5.49. The van der Waals surface area contributed by atoms with Crippen molar-refractivity contribution in [2.75, 3.05) is 5.32 Å². The molecular formula is C16H18BrNO. The third kappa shape index (κ3) is 2.92. The minimum Gasteiger partial charge on any atom is -0.326 e. The third-order valence-electron chi connectivity index (χ3n) is 4.16. The van der Waals surface area contributed by atoms with Crippen molar-refractivity contribution in [3.8, 4) is 0 Å². The Labute approximate surface area is 122 Å². The highest BCUT2D eigenvalue weighted by molar-refractivity contribution is 9.10. The first-order chi connectivity index (χ1) is 9.25. The van der Waals surface area contributed by atoms with Gasteiger partial charge in [0.05, 0.1) is 0 Å². The summed E-state index contributed by atoms with van der Waals surface area (Å²) in [6.07, 6.45) is 9.41. The molecule has 0 heterocycles. The molecule has 3 rings (SSSR count). The highest BCUT2D eigenvalue weighted by Gasteiger charge is 2.52. The number of anilines is 1. The van der Waals surface area contributed by atoms with Crippen LogP contribution < -0.4 is 5.32 Å². The van der Waals surface area contributed by atoms with Crippen molar-refractivity contribution in [3.05, 3.63) is 40.9 Å². The van der Waals surface area contributed by atoms with Crippen LogP contribution in [0, 0.1) is 17.8 Å². The van der Waals surface area contributed by atoms with Crippen LogP contribution in [-0.2, 0) is 4.79 Å². The van der Waals surface area contributed by atoms with Gasteiger partial charge in [-0.1, -0.05) is 34.5 Å². The molecule has 0 aliphatic heterocycles. The number of carbonyl (C=O) groups is 1. The smallest absolute Gasteiger partial charge is 0.228 e. The number of carbonyl (C=O) groups excluding carboxylic acids is 1. The second-order valence-corrected chi connectivity index (χ2v) is 6.39. The van der Waals surface area contributed by atoms with E-state index in [-0.39, 0.29) is 11.8 Å². The molecule has 3 atom stereocenters. The molecule has 0 bridgehead atoms. The van der Waals surface area contributed by atoms with E-state index in [1.807, 2.05) is 24.3 Å². The highest BCUT2D eigenvalue weighted by Crippen LogP contribution is 2.51. The van der Waals surface area contributed by atoms with Crippen molar-refractivity contribution in [1.82, 2.24) is 0 Å². The van der Waals surface area contributed by atoms with Gasteiger partial charge in [0.15, 0.2) is 0 Å². The van der Waals surface area contributed by atoms with Gasteiger partial charge >= 0.3 is 0 Å². The minimum absolute atomic E-state index is 0.184. The number of hydrogen-bond donors (Lipinski definition) is 1. The Balaban J connectivity index is 1.64. The van der Waals surface area contributed by atoms with E-state index in [4.69, 9.17) is 0 Å². The zero-order valence-corrected chi connectivity index (χ0v) is 12.4. The fourth-order valence-electron chi connectivity index (χ4n) is 3.06. The number of rotatable bonds is 2. The number of nitrogens with one attached hydrogen (secondary N) is 1. The SMILES string of the molecule is O=C(Nc1ccc(Br)cc1)[C@H]1[C@H]2/C=C\CCCC[C@@H]21. The van der Waals surface area contributed by atoms with E-state index in [1.54, 1.807) is 0 Å². The Hall–Kier alpha value is -1.09. The number of allylic oxidation sites excluding steroid dienone is 2. The van der Waals surface area contributed by atoms with Gasteiger partial charge in [-0.2, -0.15) is 0 Å². The van der Waals surface area contributed by atoms with Crippen LogP contribution in [0.25, 0.3) is 0 Å². The summed E-state index contributed by atoms with van der Waals surface area (Å²) in [4.78, 5) is 12.3. The van der Waals surface area contributed by atoms with E-state index in [2.05, 4.69) is 33.4 Å². The van der Waals surface area contributed by atoms with E-state index in [1.165, 1.54) is 25.7 Å². The molecule has 0 radical (unpaired) electrons. The average molecular weight is 320 g/mol. The maximum Gasteiger partial charge on any atom is 0.228 e. The molecule has 1 fully saturated rings. The van der Waals surface area contributed by atoms with E-state index in [0.717, 1.165) is 10.2 Å². The van der Waals surface area contributed by atoms with Crippen molar-refractivity contribution < 1.29 is 4.79 Å². The summed E-state index contributed by atoms with van der Waals surface area (Å²) >= 11 is 3.40. The van der Waals surface area contributed by atoms with Crippen LogP contribution >= 0.6 is 15.9 Å². The van der Waals surface area contributed by atoms with Crippen LogP contribution in [-0.4, -0.2) is 5.91 Å². The largest absolute Gasteiger partial charge is 0.326 e. The van der Waals surface area contributed by atoms with Crippen LogP contribution in [0.3, 0.4) is 0 Å². The lowest BCUT2D eigenvalue weighted by Gasteiger charge is -2.04. The third-order valence-corrected chi connectivity index (χ3v) is 4.69. The molecule has 1 saturated carbocycles. The normalized spacial score (nSPS) is 30.7. The molecule has 1 aromatic carbocycles. The molecule has 0 aromatic heterocycles. The predicted molar refractivity (Wildman–Crippen MR) is 80.8 cm³/mol.